The number of ether oxygens (including phenoxy) is 1. The molecule has 1 aromatic heterocycles. The molecule has 0 aliphatic heterocycles. The van der Waals surface area contributed by atoms with Gasteiger partial charge in [-0.05, 0) is 18.9 Å². The van der Waals surface area contributed by atoms with Gasteiger partial charge < -0.3 is 9.84 Å². The summed E-state index contributed by atoms with van der Waals surface area (Å²) in [5.41, 5.74) is 0.931. The van der Waals surface area contributed by atoms with Gasteiger partial charge in [0.05, 0.1) is 11.8 Å². The lowest BCUT2D eigenvalue weighted by atomic mass is 10.1. The molecule has 4 nitrogen and oxygen atoms in total. The van der Waals surface area contributed by atoms with Crippen LogP contribution in [0.4, 0.5) is 0 Å². The monoisotopic (exact) mass is 212 g/mol. The standard InChI is InChI=1S/C11H20N2O2/c1-3-7-15-8-5-11(14)9-10-4-6-13(2)12-10/h4,6,11,14H,3,5,7-9H2,1-2H3. The number of rotatable bonds is 7. The van der Waals surface area contributed by atoms with Crippen molar-refractivity contribution in [3.63, 3.8) is 0 Å². The molecule has 1 unspecified atom stereocenters. The van der Waals surface area contributed by atoms with Crippen LogP contribution in [0.2, 0.25) is 0 Å². The van der Waals surface area contributed by atoms with Gasteiger partial charge in [-0.2, -0.15) is 5.10 Å². The van der Waals surface area contributed by atoms with Crippen molar-refractivity contribution in [2.45, 2.75) is 32.3 Å². The Hall–Kier alpha value is -0.870. The maximum atomic E-state index is 9.68. The Balaban J connectivity index is 2.15. The van der Waals surface area contributed by atoms with E-state index in [9.17, 15) is 5.11 Å². The first kappa shape index (κ1) is 12.2. The van der Waals surface area contributed by atoms with Crippen molar-refractivity contribution in [3.05, 3.63) is 18.0 Å². The lowest BCUT2D eigenvalue weighted by Gasteiger charge is -2.08. The molecule has 0 spiro atoms. The average Bonchev–Trinajstić information content (AvgIpc) is 2.59. The Morgan fingerprint density at radius 3 is 2.93 bits per heavy atom. The second-order valence-electron chi connectivity index (χ2n) is 3.74. The van der Waals surface area contributed by atoms with E-state index in [1.807, 2.05) is 19.3 Å². The zero-order chi connectivity index (χ0) is 11.1. The normalized spacial score (nSPS) is 13.0. The molecule has 0 radical (unpaired) electrons. The van der Waals surface area contributed by atoms with E-state index in [0.717, 1.165) is 18.7 Å². The van der Waals surface area contributed by atoms with Gasteiger partial charge in [-0.15, -0.1) is 0 Å². The molecule has 1 N–H and O–H groups in total. The summed E-state index contributed by atoms with van der Waals surface area (Å²) >= 11 is 0. The summed E-state index contributed by atoms with van der Waals surface area (Å²) in [6.45, 7) is 3.47. The van der Waals surface area contributed by atoms with Gasteiger partial charge in [0.25, 0.3) is 0 Å². The molecule has 4 heteroatoms. The van der Waals surface area contributed by atoms with E-state index in [4.69, 9.17) is 4.74 Å². The fourth-order valence-electron chi connectivity index (χ4n) is 1.38. The van der Waals surface area contributed by atoms with E-state index in [1.54, 1.807) is 4.68 Å². The van der Waals surface area contributed by atoms with Gasteiger partial charge in [0.1, 0.15) is 0 Å². The van der Waals surface area contributed by atoms with Crippen LogP contribution in [0, 0.1) is 0 Å². The molecule has 0 fully saturated rings. The van der Waals surface area contributed by atoms with Crippen molar-refractivity contribution in [1.82, 2.24) is 9.78 Å². The molecule has 0 amide bonds. The predicted octanol–water partition coefficient (Wildman–Crippen LogP) is 1.14. The van der Waals surface area contributed by atoms with Gasteiger partial charge in [0, 0.05) is 32.9 Å². The summed E-state index contributed by atoms with van der Waals surface area (Å²) in [5.74, 6) is 0. The Kier molecular flexibility index (Phi) is 5.36. The summed E-state index contributed by atoms with van der Waals surface area (Å²) in [6.07, 6.45) is 3.84. The lowest BCUT2D eigenvalue weighted by molar-refractivity contribution is 0.0819. The van der Waals surface area contributed by atoms with E-state index >= 15 is 0 Å². The lowest BCUT2D eigenvalue weighted by Crippen LogP contribution is -2.14. The van der Waals surface area contributed by atoms with Crippen LogP contribution >= 0.6 is 0 Å². The van der Waals surface area contributed by atoms with Gasteiger partial charge in [-0.3, -0.25) is 4.68 Å². The summed E-state index contributed by atoms with van der Waals surface area (Å²) in [6, 6.07) is 1.93. The third-order valence-corrected chi connectivity index (χ3v) is 2.16. The van der Waals surface area contributed by atoms with Crippen LogP contribution in [0.1, 0.15) is 25.5 Å². The molecule has 1 aromatic rings. The Labute approximate surface area is 90.9 Å². The van der Waals surface area contributed by atoms with Crippen molar-refractivity contribution >= 4 is 0 Å². The molecule has 86 valence electrons. The van der Waals surface area contributed by atoms with Crippen LogP contribution in [-0.4, -0.2) is 34.2 Å². The van der Waals surface area contributed by atoms with Gasteiger partial charge >= 0.3 is 0 Å². The van der Waals surface area contributed by atoms with E-state index < -0.39 is 0 Å². The van der Waals surface area contributed by atoms with Gasteiger partial charge in [0.2, 0.25) is 0 Å². The smallest absolute Gasteiger partial charge is 0.0650 e. The highest BCUT2D eigenvalue weighted by atomic mass is 16.5. The van der Waals surface area contributed by atoms with Crippen LogP contribution in [0.3, 0.4) is 0 Å². The second kappa shape index (κ2) is 6.58. The highest BCUT2D eigenvalue weighted by molar-refractivity contribution is 5.00. The molecule has 1 rings (SSSR count). The first-order valence-corrected chi connectivity index (χ1v) is 5.46. The molecular formula is C11H20N2O2. The zero-order valence-electron chi connectivity index (χ0n) is 9.52. The van der Waals surface area contributed by atoms with Gasteiger partial charge in [0.15, 0.2) is 0 Å². The first-order chi connectivity index (χ1) is 7.22. The maximum Gasteiger partial charge on any atom is 0.0650 e. The zero-order valence-corrected chi connectivity index (χ0v) is 9.52. The molecular weight excluding hydrogens is 192 g/mol. The van der Waals surface area contributed by atoms with Crippen molar-refractivity contribution < 1.29 is 9.84 Å². The Morgan fingerprint density at radius 2 is 2.33 bits per heavy atom. The number of aryl methyl sites for hydroxylation is 1. The van der Waals surface area contributed by atoms with Crippen LogP contribution in [0.15, 0.2) is 12.3 Å². The maximum absolute atomic E-state index is 9.68. The van der Waals surface area contributed by atoms with Gasteiger partial charge in [-0.1, -0.05) is 6.92 Å². The fraction of sp³-hybridized carbons (Fsp3) is 0.727. The molecule has 0 aliphatic rings. The van der Waals surface area contributed by atoms with Crippen LogP contribution in [0.25, 0.3) is 0 Å². The number of aromatic nitrogens is 2. The quantitative estimate of drug-likeness (QED) is 0.689. The van der Waals surface area contributed by atoms with Crippen LogP contribution in [0.5, 0.6) is 0 Å². The highest BCUT2D eigenvalue weighted by Gasteiger charge is 2.07. The summed E-state index contributed by atoms with van der Waals surface area (Å²) in [4.78, 5) is 0. The third kappa shape index (κ3) is 4.95. The minimum absolute atomic E-state index is 0.350. The number of aliphatic hydroxyl groups is 1. The fourth-order valence-corrected chi connectivity index (χ4v) is 1.38. The topological polar surface area (TPSA) is 47.3 Å². The third-order valence-electron chi connectivity index (χ3n) is 2.16. The molecule has 1 atom stereocenters. The van der Waals surface area contributed by atoms with Crippen LogP contribution < -0.4 is 0 Å². The largest absolute Gasteiger partial charge is 0.393 e. The second-order valence-corrected chi connectivity index (χ2v) is 3.74. The summed E-state index contributed by atoms with van der Waals surface area (Å²) in [7, 11) is 1.88. The van der Waals surface area contributed by atoms with Crippen molar-refractivity contribution in [1.29, 1.82) is 0 Å². The van der Waals surface area contributed by atoms with Crippen molar-refractivity contribution in [3.8, 4) is 0 Å². The summed E-state index contributed by atoms with van der Waals surface area (Å²) < 4.78 is 7.06. The molecule has 1 heterocycles. The number of aliphatic hydroxyl groups excluding tert-OH is 1. The molecule has 15 heavy (non-hydrogen) atoms. The van der Waals surface area contributed by atoms with E-state index in [2.05, 4.69) is 12.0 Å². The van der Waals surface area contributed by atoms with Crippen LogP contribution in [-0.2, 0) is 18.2 Å². The molecule has 0 aliphatic carbocycles. The van der Waals surface area contributed by atoms with Gasteiger partial charge in [-0.25, -0.2) is 0 Å². The number of hydrogen-bond donors (Lipinski definition) is 1. The van der Waals surface area contributed by atoms with E-state index in [0.29, 0.717) is 19.4 Å². The van der Waals surface area contributed by atoms with Crippen molar-refractivity contribution in [2.75, 3.05) is 13.2 Å². The number of nitrogens with zero attached hydrogens (tertiary/aromatic N) is 2. The SMILES string of the molecule is CCCOCCC(O)Cc1ccn(C)n1. The highest BCUT2D eigenvalue weighted by Crippen LogP contribution is 2.03. The average molecular weight is 212 g/mol. The predicted molar refractivity (Wildman–Crippen MR) is 58.6 cm³/mol. The Morgan fingerprint density at radius 1 is 1.53 bits per heavy atom. The van der Waals surface area contributed by atoms with E-state index in [1.165, 1.54) is 0 Å². The minimum atomic E-state index is -0.350. The van der Waals surface area contributed by atoms with E-state index in [-0.39, 0.29) is 6.10 Å². The molecule has 0 saturated carbocycles. The van der Waals surface area contributed by atoms with Crippen molar-refractivity contribution in [2.24, 2.45) is 7.05 Å². The number of hydrogen-bond acceptors (Lipinski definition) is 3. The molecule has 0 aromatic carbocycles. The molecule has 0 bridgehead atoms. The summed E-state index contributed by atoms with van der Waals surface area (Å²) in [5, 5.41) is 13.9. The molecule has 0 saturated heterocycles. The Bertz CT molecular complexity index is 273. The first-order valence-electron chi connectivity index (χ1n) is 5.46. The minimum Gasteiger partial charge on any atom is -0.393 e.